The van der Waals surface area contributed by atoms with Crippen molar-refractivity contribution in [1.29, 1.82) is 0 Å². The van der Waals surface area contributed by atoms with E-state index in [1.54, 1.807) is 13.0 Å². The number of nitrogens with zero attached hydrogens (tertiary/aromatic N) is 5. The SMILES string of the molecule is Cc1c(F)ccc2cccc(-c3nc4c5c(nc(OC[C@@]67CCCN6C[C@H](F)C7)nc5c3F)N3C[C@H]5CC[C@H](N5)[C@H]3CC[C@H]4C)c12. The molecule has 10 heteroatoms. The van der Waals surface area contributed by atoms with Crippen LogP contribution in [0.3, 0.4) is 0 Å². The summed E-state index contributed by atoms with van der Waals surface area (Å²) in [6.07, 6.45) is 5.46. The van der Waals surface area contributed by atoms with E-state index >= 15 is 4.39 Å². The van der Waals surface area contributed by atoms with Crippen molar-refractivity contribution >= 4 is 27.5 Å². The molecule has 0 unspecified atom stereocenters. The minimum absolute atomic E-state index is 0.0240. The van der Waals surface area contributed by atoms with Gasteiger partial charge in [0.15, 0.2) is 5.82 Å². The first-order valence-electron chi connectivity index (χ1n) is 16.9. The van der Waals surface area contributed by atoms with E-state index in [9.17, 15) is 8.78 Å². The largest absolute Gasteiger partial charge is 0.461 e. The lowest BCUT2D eigenvalue weighted by molar-refractivity contribution is 0.107. The van der Waals surface area contributed by atoms with Gasteiger partial charge in [0.1, 0.15) is 35.6 Å². The molecule has 2 aromatic carbocycles. The van der Waals surface area contributed by atoms with Gasteiger partial charge in [0.05, 0.1) is 16.6 Å². The molecule has 4 fully saturated rings. The Morgan fingerprint density at radius 1 is 1.02 bits per heavy atom. The van der Waals surface area contributed by atoms with Crippen molar-refractivity contribution in [1.82, 2.24) is 25.2 Å². The zero-order chi connectivity index (χ0) is 31.3. The zero-order valence-corrected chi connectivity index (χ0v) is 26.3. The normalized spacial score (nSPS) is 30.5. The molecule has 5 aliphatic heterocycles. The maximum absolute atomic E-state index is 17.2. The maximum Gasteiger partial charge on any atom is 0.319 e. The van der Waals surface area contributed by atoms with Gasteiger partial charge in [-0.1, -0.05) is 31.2 Å². The highest BCUT2D eigenvalue weighted by atomic mass is 19.1. The summed E-state index contributed by atoms with van der Waals surface area (Å²) in [7, 11) is 0. The fourth-order valence-corrected chi connectivity index (χ4v) is 9.39. The molecule has 7 nitrogen and oxygen atoms in total. The average molecular weight is 629 g/mol. The third-order valence-electron chi connectivity index (χ3n) is 11.7. The highest BCUT2D eigenvalue weighted by Gasteiger charge is 2.50. The Morgan fingerprint density at radius 3 is 2.80 bits per heavy atom. The van der Waals surface area contributed by atoms with Crippen LogP contribution in [0.2, 0.25) is 0 Å². The number of pyridine rings is 1. The fraction of sp³-hybridized carbons (Fsp3) is 0.528. The predicted octanol–water partition coefficient (Wildman–Crippen LogP) is 6.59. The standard InChI is InChI=1S/C36H39F3N6O/c1-19-7-12-27-26-11-9-23(40-26)17-45(27)34-29-31(19)41-32(24-6-3-5-21-8-10-25(38)20(2)28(21)24)30(39)33(29)42-35(43-34)46-18-36-13-4-14-44(36)16-22(37)15-36/h3,5-6,8,10,19,22-23,26-27,40H,4,7,9,11-18H2,1-2H3/t19-,22-,23-,26+,27-,36+/m1/s1. The van der Waals surface area contributed by atoms with Crippen LogP contribution in [0.15, 0.2) is 30.3 Å². The van der Waals surface area contributed by atoms with Crippen LogP contribution >= 0.6 is 0 Å². The number of hydrogen-bond donors (Lipinski definition) is 1. The average Bonchev–Trinajstić information content (AvgIpc) is 3.72. The maximum atomic E-state index is 17.2. The highest BCUT2D eigenvalue weighted by Crippen LogP contribution is 2.45. The molecule has 6 atom stereocenters. The number of piperazine rings is 1. The number of nitrogens with one attached hydrogen (secondary N) is 1. The van der Waals surface area contributed by atoms with Gasteiger partial charge in [0.2, 0.25) is 0 Å². The second-order valence-corrected chi connectivity index (χ2v) is 14.4. The Labute approximate surface area is 266 Å². The molecule has 0 amide bonds. The molecule has 1 N–H and O–H groups in total. The Kier molecular flexibility index (Phi) is 6.55. The number of halogens is 3. The number of ether oxygens (including phenoxy) is 1. The van der Waals surface area contributed by atoms with E-state index in [4.69, 9.17) is 19.7 Å². The fourth-order valence-electron chi connectivity index (χ4n) is 9.39. The van der Waals surface area contributed by atoms with Gasteiger partial charge >= 0.3 is 6.01 Å². The quantitative estimate of drug-likeness (QED) is 0.274. The van der Waals surface area contributed by atoms with Crippen LogP contribution in [0.4, 0.5) is 19.0 Å². The van der Waals surface area contributed by atoms with Crippen molar-refractivity contribution in [2.24, 2.45) is 0 Å². The molecule has 2 aromatic heterocycles. The Bertz CT molecular complexity index is 1890. The number of aromatic nitrogens is 3. The minimum atomic E-state index is -0.879. The van der Waals surface area contributed by atoms with Gasteiger partial charge in [-0.3, -0.25) is 4.90 Å². The van der Waals surface area contributed by atoms with Gasteiger partial charge in [-0.15, -0.1) is 0 Å². The summed E-state index contributed by atoms with van der Waals surface area (Å²) in [6.45, 7) is 6.19. The summed E-state index contributed by atoms with van der Waals surface area (Å²) in [5.41, 5.74) is 1.73. The van der Waals surface area contributed by atoms with E-state index in [2.05, 4.69) is 22.0 Å². The number of fused-ring (bicyclic) bond motifs is 7. The molecule has 240 valence electrons. The molecule has 2 bridgehead atoms. The van der Waals surface area contributed by atoms with E-state index in [-0.39, 0.29) is 47.1 Å². The lowest BCUT2D eigenvalue weighted by Crippen LogP contribution is -2.58. The number of rotatable bonds is 4. The van der Waals surface area contributed by atoms with Gasteiger partial charge in [-0.2, -0.15) is 9.97 Å². The van der Waals surface area contributed by atoms with Crippen molar-refractivity contribution in [2.45, 2.75) is 94.5 Å². The summed E-state index contributed by atoms with van der Waals surface area (Å²) >= 11 is 0. The number of benzene rings is 2. The third-order valence-corrected chi connectivity index (χ3v) is 11.7. The molecule has 9 rings (SSSR count). The smallest absolute Gasteiger partial charge is 0.319 e. The van der Waals surface area contributed by atoms with Crippen LogP contribution in [0, 0.1) is 18.6 Å². The van der Waals surface area contributed by atoms with Gasteiger partial charge < -0.3 is 15.0 Å². The highest BCUT2D eigenvalue weighted by molar-refractivity contribution is 6.01. The lowest BCUT2D eigenvalue weighted by atomic mass is 9.88. The Morgan fingerprint density at radius 2 is 1.91 bits per heavy atom. The van der Waals surface area contributed by atoms with Crippen LogP contribution in [-0.4, -0.2) is 75.9 Å². The van der Waals surface area contributed by atoms with Crippen LogP contribution in [0.1, 0.15) is 69.0 Å². The zero-order valence-electron chi connectivity index (χ0n) is 26.3. The second kappa shape index (κ2) is 10.5. The number of hydrogen-bond acceptors (Lipinski definition) is 7. The molecule has 5 aliphatic rings. The number of anilines is 1. The van der Waals surface area contributed by atoms with Crippen molar-refractivity contribution in [3.63, 3.8) is 0 Å². The molecule has 0 saturated carbocycles. The number of alkyl halides is 1. The molecule has 0 aliphatic carbocycles. The number of aryl methyl sites for hydroxylation is 1. The second-order valence-electron chi connectivity index (χ2n) is 14.4. The van der Waals surface area contributed by atoms with Crippen LogP contribution in [-0.2, 0) is 0 Å². The summed E-state index contributed by atoms with van der Waals surface area (Å²) in [5.74, 6) is -0.197. The summed E-state index contributed by atoms with van der Waals surface area (Å²) in [5, 5.41) is 5.91. The van der Waals surface area contributed by atoms with Gasteiger partial charge in [-0.05, 0) is 80.3 Å². The molecule has 0 radical (unpaired) electrons. The van der Waals surface area contributed by atoms with Gasteiger partial charge in [-0.25, -0.2) is 18.2 Å². The monoisotopic (exact) mass is 628 g/mol. The van der Waals surface area contributed by atoms with E-state index in [0.717, 1.165) is 62.7 Å². The predicted molar refractivity (Wildman–Crippen MR) is 172 cm³/mol. The Hall–Kier alpha value is -3.50. The first-order chi connectivity index (χ1) is 22.3. The first-order valence-corrected chi connectivity index (χ1v) is 16.9. The minimum Gasteiger partial charge on any atom is -0.461 e. The molecule has 4 aromatic rings. The molecular formula is C36H39F3N6O. The summed E-state index contributed by atoms with van der Waals surface area (Å²) < 4.78 is 53.1. The van der Waals surface area contributed by atoms with Crippen LogP contribution in [0.25, 0.3) is 32.9 Å². The van der Waals surface area contributed by atoms with E-state index in [1.165, 1.54) is 6.07 Å². The summed E-state index contributed by atoms with van der Waals surface area (Å²) in [6, 6.07) is 9.79. The van der Waals surface area contributed by atoms with Crippen molar-refractivity contribution in [2.75, 3.05) is 31.1 Å². The molecule has 7 heterocycles. The van der Waals surface area contributed by atoms with Crippen molar-refractivity contribution < 1.29 is 17.9 Å². The topological polar surface area (TPSA) is 66.4 Å². The first kappa shape index (κ1) is 28.7. The van der Waals surface area contributed by atoms with Gasteiger partial charge in [0, 0.05) is 43.2 Å². The van der Waals surface area contributed by atoms with E-state index in [0.29, 0.717) is 52.8 Å². The molecule has 0 spiro atoms. The summed E-state index contributed by atoms with van der Waals surface area (Å²) in [4.78, 5) is 19.5. The molecular weight excluding hydrogens is 589 g/mol. The van der Waals surface area contributed by atoms with E-state index < -0.39 is 12.0 Å². The van der Waals surface area contributed by atoms with Crippen LogP contribution < -0.4 is 15.0 Å². The molecule has 4 saturated heterocycles. The van der Waals surface area contributed by atoms with Gasteiger partial charge in [0.25, 0.3) is 0 Å². The van der Waals surface area contributed by atoms with Crippen molar-refractivity contribution in [3.8, 4) is 17.3 Å². The lowest BCUT2D eigenvalue weighted by Gasteiger charge is -2.44. The third kappa shape index (κ3) is 4.28. The van der Waals surface area contributed by atoms with Crippen LogP contribution in [0.5, 0.6) is 6.01 Å². The van der Waals surface area contributed by atoms with E-state index in [1.807, 2.05) is 18.2 Å². The Balaban J connectivity index is 1.26. The molecule has 46 heavy (non-hydrogen) atoms. The van der Waals surface area contributed by atoms with Crippen molar-refractivity contribution in [3.05, 3.63) is 53.2 Å².